The molecular formula is C15H20ClN3S2. The molecular weight excluding hydrogens is 322 g/mol. The van der Waals surface area contributed by atoms with Crippen molar-refractivity contribution < 1.29 is 0 Å². The average Bonchev–Trinajstić information content (AvgIpc) is 2.76. The van der Waals surface area contributed by atoms with Gasteiger partial charge >= 0.3 is 0 Å². The Hall–Kier alpha value is -0.590. The number of fused-ring (bicyclic) bond motifs is 3. The Morgan fingerprint density at radius 3 is 2.76 bits per heavy atom. The monoisotopic (exact) mass is 341 g/mol. The summed E-state index contributed by atoms with van der Waals surface area (Å²) in [6, 6.07) is 8.46. The number of nitrogens with zero attached hydrogens (tertiary/aromatic N) is 1. The fraction of sp³-hybridized carbons (Fsp3) is 0.400. The Bertz CT molecular complexity index is 668. The predicted octanol–water partition coefficient (Wildman–Crippen LogP) is 2.79. The van der Waals surface area contributed by atoms with Gasteiger partial charge in [-0.25, -0.2) is 0 Å². The summed E-state index contributed by atoms with van der Waals surface area (Å²) in [5.41, 5.74) is 3.60. The zero-order chi connectivity index (χ0) is 14.3. The lowest BCUT2D eigenvalue weighted by molar-refractivity contribution is 0.286. The summed E-state index contributed by atoms with van der Waals surface area (Å²) in [7, 11) is 4.14. The second kappa shape index (κ2) is 6.26. The van der Waals surface area contributed by atoms with Crippen molar-refractivity contribution in [1.82, 2.24) is 15.2 Å². The highest BCUT2D eigenvalue weighted by Gasteiger charge is 2.38. The van der Waals surface area contributed by atoms with Crippen LogP contribution in [-0.2, 0) is 13.0 Å². The predicted molar refractivity (Wildman–Crippen MR) is 99.0 cm³/mol. The number of rotatable bonds is 3. The summed E-state index contributed by atoms with van der Waals surface area (Å²) in [6.45, 7) is 1.66. The van der Waals surface area contributed by atoms with Crippen LogP contribution in [0.5, 0.6) is 0 Å². The number of para-hydroxylation sites is 1. The van der Waals surface area contributed by atoms with Crippen LogP contribution >= 0.6 is 37.3 Å². The van der Waals surface area contributed by atoms with Gasteiger partial charge in [-0.15, -0.1) is 25.0 Å². The molecule has 1 aromatic heterocycles. The van der Waals surface area contributed by atoms with Crippen LogP contribution in [-0.4, -0.2) is 40.3 Å². The minimum Gasteiger partial charge on any atom is -0.357 e. The molecule has 2 heterocycles. The number of nitrogens with one attached hydrogen (secondary N) is 2. The Morgan fingerprint density at radius 2 is 2.10 bits per heavy atom. The molecule has 0 amide bonds. The van der Waals surface area contributed by atoms with E-state index in [2.05, 4.69) is 66.2 Å². The third kappa shape index (κ3) is 2.98. The number of aromatic amines is 1. The van der Waals surface area contributed by atoms with Gasteiger partial charge < -0.3 is 9.88 Å². The second-order valence-electron chi connectivity index (χ2n) is 5.78. The summed E-state index contributed by atoms with van der Waals surface area (Å²) < 4.78 is 0.738. The standard InChI is InChI=1S/C15H19N3S2.ClH/c1-18(2)9-15(14(19)20)7-11-10-5-3-4-6-12(10)17-13(11)8-16-15;/h3-6,16-17H,7-9H2,1-2H3,(H,19,20);1H. The number of hydrogen-bond acceptors (Lipinski definition) is 3. The molecule has 0 saturated carbocycles. The third-order valence-corrected chi connectivity index (χ3v) is 4.80. The number of halogens is 1. The van der Waals surface area contributed by atoms with Gasteiger partial charge in [-0.3, -0.25) is 5.32 Å². The highest BCUT2D eigenvalue weighted by atomic mass is 35.5. The highest BCUT2D eigenvalue weighted by Crippen LogP contribution is 2.32. The molecule has 0 spiro atoms. The van der Waals surface area contributed by atoms with Crippen LogP contribution in [0, 0.1) is 0 Å². The van der Waals surface area contributed by atoms with E-state index in [0.717, 1.165) is 23.7 Å². The van der Waals surface area contributed by atoms with Crippen molar-refractivity contribution >= 4 is 52.4 Å². The maximum absolute atomic E-state index is 5.44. The second-order valence-corrected chi connectivity index (χ2v) is 6.94. The van der Waals surface area contributed by atoms with Crippen molar-refractivity contribution in [2.24, 2.45) is 0 Å². The van der Waals surface area contributed by atoms with Gasteiger partial charge in [-0.1, -0.05) is 30.4 Å². The summed E-state index contributed by atoms with van der Waals surface area (Å²) >= 11 is 9.94. The van der Waals surface area contributed by atoms with Gasteiger partial charge in [-0.05, 0) is 32.1 Å². The van der Waals surface area contributed by atoms with Crippen LogP contribution in [0.1, 0.15) is 11.3 Å². The molecule has 114 valence electrons. The van der Waals surface area contributed by atoms with E-state index in [1.807, 2.05) is 0 Å². The molecule has 0 fully saturated rings. The molecule has 1 atom stereocenters. The molecule has 2 aromatic rings. The zero-order valence-electron chi connectivity index (χ0n) is 12.1. The first-order chi connectivity index (χ1) is 9.52. The molecule has 0 bridgehead atoms. The lowest BCUT2D eigenvalue weighted by atomic mass is 9.87. The van der Waals surface area contributed by atoms with Crippen LogP contribution in [0.3, 0.4) is 0 Å². The van der Waals surface area contributed by atoms with E-state index in [1.165, 1.54) is 22.2 Å². The van der Waals surface area contributed by atoms with Gasteiger partial charge in [0.2, 0.25) is 0 Å². The molecule has 6 heteroatoms. The summed E-state index contributed by atoms with van der Waals surface area (Å²) in [4.78, 5) is 5.66. The Morgan fingerprint density at radius 1 is 1.38 bits per heavy atom. The molecule has 0 saturated heterocycles. The smallest absolute Gasteiger partial charge is 0.0768 e. The fourth-order valence-corrected chi connectivity index (χ4v) is 3.54. The SMILES string of the molecule is CN(C)CC1(C(=S)S)Cc2c([nH]c3ccccc23)CN1.Cl. The van der Waals surface area contributed by atoms with Crippen LogP contribution in [0.2, 0.25) is 0 Å². The number of likely N-dealkylation sites (N-methyl/N-ethyl adjacent to an activating group) is 1. The van der Waals surface area contributed by atoms with E-state index < -0.39 is 0 Å². The summed E-state index contributed by atoms with van der Waals surface area (Å²) in [5.74, 6) is 0. The van der Waals surface area contributed by atoms with Crippen molar-refractivity contribution in [2.75, 3.05) is 20.6 Å². The fourth-order valence-electron chi connectivity index (χ4n) is 3.10. The van der Waals surface area contributed by atoms with Gasteiger partial charge in [0.25, 0.3) is 0 Å². The molecule has 0 radical (unpaired) electrons. The van der Waals surface area contributed by atoms with Crippen LogP contribution in [0.15, 0.2) is 24.3 Å². The minimum atomic E-state index is -0.236. The van der Waals surface area contributed by atoms with E-state index >= 15 is 0 Å². The van der Waals surface area contributed by atoms with Gasteiger partial charge in [0.05, 0.1) is 9.74 Å². The van der Waals surface area contributed by atoms with Gasteiger partial charge in [0, 0.05) is 29.7 Å². The lowest BCUT2D eigenvalue weighted by Gasteiger charge is -2.39. The maximum Gasteiger partial charge on any atom is 0.0768 e. The quantitative estimate of drug-likeness (QED) is 0.592. The van der Waals surface area contributed by atoms with Crippen molar-refractivity contribution in [3.63, 3.8) is 0 Å². The molecule has 1 aromatic carbocycles. The third-order valence-electron chi connectivity index (χ3n) is 3.98. The normalized spacial score (nSPS) is 21.1. The topological polar surface area (TPSA) is 31.1 Å². The van der Waals surface area contributed by atoms with Crippen molar-refractivity contribution in [3.05, 3.63) is 35.5 Å². The molecule has 1 aliphatic rings. The number of thiol groups is 1. The van der Waals surface area contributed by atoms with Crippen molar-refractivity contribution in [2.45, 2.75) is 18.5 Å². The van der Waals surface area contributed by atoms with E-state index in [9.17, 15) is 0 Å². The van der Waals surface area contributed by atoms with Gasteiger partial charge in [0.1, 0.15) is 0 Å². The largest absolute Gasteiger partial charge is 0.357 e. The summed E-state index contributed by atoms with van der Waals surface area (Å²) in [5, 5.41) is 4.89. The van der Waals surface area contributed by atoms with E-state index in [-0.39, 0.29) is 17.9 Å². The minimum absolute atomic E-state index is 0. The summed E-state index contributed by atoms with van der Waals surface area (Å²) in [6.07, 6.45) is 0.882. The van der Waals surface area contributed by atoms with Crippen LogP contribution in [0.4, 0.5) is 0 Å². The van der Waals surface area contributed by atoms with E-state index in [1.54, 1.807) is 0 Å². The number of H-pyrrole nitrogens is 1. The molecule has 1 unspecified atom stereocenters. The lowest BCUT2D eigenvalue weighted by Crippen LogP contribution is -2.59. The van der Waals surface area contributed by atoms with E-state index in [0.29, 0.717) is 0 Å². The maximum atomic E-state index is 5.44. The van der Waals surface area contributed by atoms with E-state index in [4.69, 9.17) is 12.2 Å². The van der Waals surface area contributed by atoms with Gasteiger partial charge in [-0.2, -0.15) is 0 Å². The molecule has 2 N–H and O–H groups in total. The first-order valence-electron chi connectivity index (χ1n) is 6.73. The number of benzene rings is 1. The molecule has 3 rings (SSSR count). The zero-order valence-corrected chi connectivity index (χ0v) is 14.7. The van der Waals surface area contributed by atoms with Crippen molar-refractivity contribution in [3.8, 4) is 0 Å². The van der Waals surface area contributed by atoms with Gasteiger partial charge in [0.15, 0.2) is 0 Å². The Kier molecular flexibility index (Phi) is 5.00. The number of thiocarbonyl (C=S) groups is 1. The first kappa shape index (κ1) is 16.8. The molecule has 3 nitrogen and oxygen atoms in total. The number of hydrogen-bond donors (Lipinski definition) is 3. The Labute approximate surface area is 142 Å². The average molecular weight is 342 g/mol. The molecule has 1 aliphatic heterocycles. The molecule has 0 aliphatic carbocycles. The van der Waals surface area contributed by atoms with Crippen LogP contribution in [0.25, 0.3) is 10.9 Å². The Balaban J connectivity index is 0.00000161. The first-order valence-corrected chi connectivity index (χ1v) is 7.59. The molecule has 21 heavy (non-hydrogen) atoms. The number of aromatic nitrogens is 1. The highest BCUT2D eigenvalue weighted by molar-refractivity contribution is 8.11. The van der Waals surface area contributed by atoms with Crippen molar-refractivity contribution in [1.29, 1.82) is 0 Å². The van der Waals surface area contributed by atoms with Crippen LogP contribution < -0.4 is 5.32 Å².